The summed E-state index contributed by atoms with van der Waals surface area (Å²) in [6.07, 6.45) is 11.9. The summed E-state index contributed by atoms with van der Waals surface area (Å²) >= 11 is 0. The molecule has 162 valence electrons. The van der Waals surface area contributed by atoms with Crippen LogP contribution in [0, 0.1) is 5.92 Å². The molecule has 2 saturated carbocycles. The maximum absolute atomic E-state index is 12.6. The Balaban J connectivity index is 1.36. The van der Waals surface area contributed by atoms with E-state index >= 15 is 0 Å². The lowest BCUT2D eigenvalue weighted by Gasteiger charge is -2.64. The van der Waals surface area contributed by atoms with E-state index in [1.165, 1.54) is 30.2 Å². The van der Waals surface area contributed by atoms with Crippen LogP contribution in [0.3, 0.4) is 0 Å². The SMILES string of the molecule is O=C(Oc1ccc2c(c1)[C@@]13CCCCC1(O)[C@@H](C2)N(CC1CC1)CC3)c1cccnc1. The minimum atomic E-state index is -0.683. The van der Waals surface area contributed by atoms with E-state index in [4.69, 9.17) is 4.74 Å². The highest BCUT2D eigenvalue weighted by Crippen LogP contribution is 2.58. The van der Waals surface area contributed by atoms with Crippen LogP contribution < -0.4 is 4.74 Å². The van der Waals surface area contributed by atoms with E-state index in [1.807, 2.05) is 12.1 Å². The zero-order chi connectivity index (χ0) is 21.1. The zero-order valence-corrected chi connectivity index (χ0v) is 17.9. The first-order chi connectivity index (χ1) is 15.1. The molecule has 1 saturated heterocycles. The van der Waals surface area contributed by atoms with Gasteiger partial charge in [0.25, 0.3) is 0 Å². The average Bonchev–Trinajstić information content (AvgIpc) is 3.60. The molecule has 1 unspecified atom stereocenters. The predicted octanol–water partition coefficient (Wildman–Crippen LogP) is 3.88. The van der Waals surface area contributed by atoms with Gasteiger partial charge in [0.05, 0.1) is 11.2 Å². The number of pyridine rings is 1. The number of nitrogens with zero attached hydrogens (tertiary/aromatic N) is 2. The zero-order valence-electron chi connectivity index (χ0n) is 17.9. The summed E-state index contributed by atoms with van der Waals surface area (Å²) in [5.74, 6) is 1.00. The fourth-order valence-corrected chi connectivity index (χ4v) is 6.65. The smallest absolute Gasteiger partial charge is 0.345 e. The van der Waals surface area contributed by atoms with Crippen LogP contribution in [0.2, 0.25) is 0 Å². The van der Waals surface area contributed by atoms with Crippen LogP contribution in [0.25, 0.3) is 0 Å². The number of fused-ring (bicyclic) bond motifs is 1. The summed E-state index contributed by atoms with van der Waals surface area (Å²) in [4.78, 5) is 19.2. The van der Waals surface area contributed by atoms with Gasteiger partial charge in [-0.3, -0.25) is 9.88 Å². The molecule has 31 heavy (non-hydrogen) atoms. The van der Waals surface area contributed by atoms with E-state index < -0.39 is 11.6 Å². The van der Waals surface area contributed by atoms with Gasteiger partial charge in [-0.05, 0) is 86.4 Å². The number of benzene rings is 1. The number of aromatic nitrogens is 1. The van der Waals surface area contributed by atoms with E-state index in [9.17, 15) is 9.90 Å². The first-order valence-electron chi connectivity index (χ1n) is 11.8. The maximum atomic E-state index is 12.6. The molecule has 1 aromatic heterocycles. The quantitative estimate of drug-likeness (QED) is 0.603. The second-order valence-electron chi connectivity index (χ2n) is 10.1. The second kappa shape index (κ2) is 7.14. The molecular weight excluding hydrogens is 388 g/mol. The molecule has 1 N–H and O–H groups in total. The van der Waals surface area contributed by atoms with Crippen LogP contribution in [-0.2, 0) is 11.8 Å². The lowest BCUT2D eigenvalue weighted by atomic mass is 9.49. The van der Waals surface area contributed by atoms with Crippen molar-refractivity contribution in [3.8, 4) is 5.75 Å². The highest BCUT2D eigenvalue weighted by atomic mass is 16.5. The number of esters is 1. The molecule has 5 heteroatoms. The summed E-state index contributed by atoms with van der Waals surface area (Å²) < 4.78 is 5.72. The Kier molecular flexibility index (Phi) is 4.48. The summed E-state index contributed by atoms with van der Waals surface area (Å²) in [5.41, 5.74) is 2.07. The van der Waals surface area contributed by atoms with Crippen molar-refractivity contribution in [3.05, 3.63) is 59.4 Å². The molecule has 2 heterocycles. The van der Waals surface area contributed by atoms with Crippen molar-refractivity contribution in [1.29, 1.82) is 0 Å². The van der Waals surface area contributed by atoms with Crippen molar-refractivity contribution >= 4 is 5.97 Å². The Labute approximate surface area is 183 Å². The second-order valence-corrected chi connectivity index (χ2v) is 10.1. The molecule has 0 spiro atoms. The van der Waals surface area contributed by atoms with Gasteiger partial charge in [0, 0.05) is 30.4 Å². The molecule has 0 radical (unpaired) electrons. The fourth-order valence-electron chi connectivity index (χ4n) is 6.65. The molecule has 2 bridgehead atoms. The number of carbonyl (C=O) groups is 1. The number of hydrogen-bond acceptors (Lipinski definition) is 5. The fraction of sp³-hybridized carbons (Fsp3) is 0.538. The molecular formula is C26H30N2O3. The first-order valence-corrected chi connectivity index (χ1v) is 11.8. The van der Waals surface area contributed by atoms with Gasteiger partial charge in [-0.15, -0.1) is 0 Å². The predicted molar refractivity (Wildman–Crippen MR) is 117 cm³/mol. The third-order valence-corrected chi connectivity index (χ3v) is 8.37. The number of piperidine rings is 1. The highest BCUT2D eigenvalue weighted by Gasteiger charge is 2.63. The lowest BCUT2D eigenvalue weighted by molar-refractivity contribution is -0.166. The van der Waals surface area contributed by atoms with E-state index in [2.05, 4.69) is 16.0 Å². The van der Waals surface area contributed by atoms with Gasteiger partial charge in [0.2, 0.25) is 0 Å². The summed E-state index contributed by atoms with van der Waals surface area (Å²) in [6, 6.07) is 9.75. The number of aliphatic hydroxyl groups is 1. The number of hydrogen-bond donors (Lipinski definition) is 1. The van der Waals surface area contributed by atoms with E-state index in [-0.39, 0.29) is 11.5 Å². The molecule has 1 aliphatic heterocycles. The molecule has 1 aromatic carbocycles. The van der Waals surface area contributed by atoms with Gasteiger partial charge in [0.15, 0.2) is 0 Å². The van der Waals surface area contributed by atoms with E-state index in [1.54, 1.807) is 18.3 Å². The third-order valence-electron chi connectivity index (χ3n) is 8.37. The molecule has 3 aliphatic carbocycles. The van der Waals surface area contributed by atoms with Crippen molar-refractivity contribution in [3.63, 3.8) is 0 Å². The minimum Gasteiger partial charge on any atom is -0.423 e. The van der Waals surface area contributed by atoms with Crippen LogP contribution in [-0.4, -0.2) is 45.7 Å². The van der Waals surface area contributed by atoms with Gasteiger partial charge < -0.3 is 9.84 Å². The van der Waals surface area contributed by atoms with Crippen LogP contribution in [0.5, 0.6) is 5.75 Å². The Morgan fingerprint density at radius 2 is 2.06 bits per heavy atom. The lowest BCUT2D eigenvalue weighted by Crippen LogP contribution is -2.72. The van der Waals surface area contributed by atoms with Gasteiger partial charge in [-0.25, -0.2) is 4.79 Å². The number of rotatable bonds is 4. The number of ether oxygens (including phenoxy) is 1. The van der Waals surface area contributed by atoms with E-state index in [0.29, 0.717) is 11.3 Å². The van der Waals surface area contributed by atoms with Crippen LogP contribution in [0.4, 0.5) is 0 Å². The number of likely N-dealkylation sites (tertiary alicyclic amines) is 1. The maximum Gasteiger partial charge on any atom is 0.345 e. The highest BCUT2D eigenvalue weighted by molar-refractivity contribution is 5.90. The van der Waals surface area contributed by atoms with Crippen molar-refractivity contribution in [2.45, 2.75) is 68.4 Å². The van der Waals surface area contributed by atoms with Gasteiger partial charge in [-0.2, -0.15) is 0 Å². The molecule has 4 aliphatic rings. The molecule has 5 nitrogen and oxygen atoms in total. The minimum absolute atomic E-state index is 0.207. The Bertz CT molecular complexity index is 1000. The van der Waals surface area contributed by atoms with Crippen molar-refractivity contribution < 1.29 is 14.6 Å². The molecule has 2 aromatic rings. The Morgan fingerprint density at radius 1 is 1.19 bits per heavy atom. The van der Waals surface area contributed by atoms with Gasteiger partial charge in [0.1, 0.15) is 5.75 Å². The normalized spacial score (nSPS) is 32.1. The van der Waals surface area contributed by atoms with Gasteiger partial charge >= 0.3 is 5.97 Å². The topological polar surface area (TPSA) is 62.7 Å². The van der Waals surface area contributed by atoms with Crippen LogP contribution >= 0.6 is 0 Å². The number of carbonyl (C=O) groups excluding carboxylic acids is 1. The average molecular weight is 419 g/mol. The van der Waals surface area contributed by atoms with Gasteiger partial charge in [-0.1, -0.05) is 18.9 Å². The molecule has 3 atom stereocenters. The summed E-state index contributed by atoms with van der Waals surface area (Å²) in [7, 11) is 0. The first kappa shape index (κ1) is 19.4. The summed E-state index contributed by atoms with van der Waals surface area (Å²) in [6.45, 7) is 2.20. The summed E-state index contributed by atoms with van der Waals surface area (Å²) in [5, 5.41) is 12.2. The van der Waals surface area contributed by atoms with E-state index in [0.717, 1.165) is 57.5 Å². The Hall–Kier alpha value is -2.24. The third kappa shape index (κ3) is 3.05. The molecule has 3 fully saturated rings. The van der Waals surface area contributed by atoms with Crippen molar-refractivity contribution in [2.24, 2.45) is 5.92 Å². The van der Waals surface area contributed by atoms with Crippen LogP contribution in [0.15, 0.2) is 42.7 Å². The largest absolute Gasteiger partial charge is 0.423 e. The monoisotopic (exact) mass is 418 g/mol. The van der Waals surface area contributed by atoms with Crippen LogP contribution in [0.1, 0.15) is 66.4 Å². The Morgan fingerprint density at radius 3 is 2.87 bits per heavy atom. The van der Waals surface area contributed by atoms with Crippen molar-refractivity contribution in [2.75, 3.05) is 13.1 Å². The molecule has 6 rings (SSSR count). The molecule has 0 amide bonds. The standard InChI is InChI=1S/C26H30N2O3/c29-24(20-4-3-12-27-16-20)31-21-8-7-19-14-23-26(30)10-2-1-9-25(26,22(19)15-21)11-13-28(23)17-18-5-6-18/h3-4,7-8,12,15-16,18,23,30H,1-2,5-6,9-11,13-14,17H2/t23-,25+,26?/m1/s1. The van der Waals surface area contributed by atoms with Crippen molar-refractivity contribution in [1.82, 2.24) is 9.88 Å².